The summed E-state index contributed by atoms with van der Waals surface area (Å²) in [6.45, 7) is 6.64. The van der Waals surface area contributed by atoms with Crippen LogP contribution >= 0.6 is 0 Å². The standard InChI is InChI=1S/C22H21N3O/c1-4-26-17-9-7-16(8-10-17)21-12-19(20(13-23)22(24)25-21)18-11-14(2)5-6-15(18)3/h5-12H,4H2,1-3H3,(H2,24,25). The minimum absolute atomic E-state index is 0.245. The molecule has 0 saturated carbocycles. The molecular weight excluding hydrogens is 322 g/mol. The van der Waals surface area contributed by atoms with Gasteiger partial charge in [-0.15, -0.1) is 0 Å². The molecule has 0 unspecified atom stereocenters. The van der Waals surface area contributed by atoms with Gasteiger partial charge in [0.15, 0.2) is 0 Å². The zero-order valence-corrected chi connectivity index (χ0v) is 15.2. The first kappa shape index (κ1) is 17.5. The van der Waals surface area contributed by atoms with Crippen molar-refractivity contribution in [2.75, 3.05) is 12.3 Å². The summed E-state index contributed by atoms with van der Waals surface area (Å²) in [5, 5.41) is 9.59. The summed E-state index contributed by atoms with van der Waals surface area (Å²) in [5.41, 5.74) is 12.2. The van der Waals surface area contributed by atoms with E-state index in [9.17, 15) is 5.26 Å². The van der Waals surface area contributed by atoms with E-state index >= 15 is 0 Å². The van der Waals surface area contributed by atoms with E-state index in [0.717, 1.165) is 39.3 Å². The number of anilines is 1. The van der Waals surface area contributed by atoms with Crippen molar-refractivity contribution >= 4 is 5.82 Å². The van der Waals surface area contributed by atoms with Gasteiger partial charge in [-0.25, -0.2) is 4.98 Å². The number of nitriles is 1. The lowest BCUT2D eigenvalue weighted by Crippen LogP contribution is -2.00. The average molecular weight is 343 g/mol. The van der Waals surface area contributed by atoms with Gasteiger partial charge < -0.3 is 10.5 Å². The van der Waals surface area contributed by atoms with Crippen LogP contribution in [0.1, 0.15) is 23.6 Å². The molecule has 1 heterocycles. The number of ether oxygens (including phenoxy) is 1. The number of hydrogen-bond donors (Lipinski definition) is 1. The van der Waals surface area contributed by atoms with E-state index < -0.39 is 0 Å². The maximum atomic E-state index is 9.59. The largest absolute Gasteiger partial charge is 0.494 e. The Morgan fingerprint density at radius 2 is 1.77 bits per heavy atom. The van der Waals surface area contributed by atoms with Gasteiger partial charge in [-0.1, -0.05) is 23.8 Å². The van der Waals surface area contributed by atoms with Gasteiger partial charge in [0.2, 0.25) is 0 Å². The maximum absolute atomic E-state index is 9.59. The molecule has 0 saturated heterocycles. The summed E-state index contributed by atoms with van der Waals surface area (Å²) in [5.74, 6) is 1.06. The normalized spacial score (nSPS) is 10.4. The number of nitrogens with zero attached hydrogens (tertiary/aromatic N) is 2. The van der Waals surface area contributed by atoms with Crippen molar-refractivity contribution in [1.82, 2.24) is 4.98 Å². The fraction of sp³-hybridized carbons (Fsp3) is 0.182. The second-order valence-corrected chi connectivity index (χ2v) is 6.20. The summed E-state index contributed by atoms with van der Waals surface area (Å²) in [7, 11) is 0. The molecule has 26 heavy (non-hydrogen) atoms. The van der Waals surface area contributed by atoms with Crippen LogP contribution in [0.15, 0.2) is 48.5 Å². The van der Waals surface area contributed by atoms with Crippen molar-refractivity contribution in [2.24, 2.45) is 0 Å². The molecule has 0 spiro atoms. The van der Waals surface area contributed by atoms with Crippen LogP contribution in [-0.2, 0) is 0 Å². The smallest absolute Gasteiger partial charge is 0.142 e. The fourth-order valence-corrected chi connectivity index (χ4v) is 2.96. The lowest BCUT2D eigenvalue weighted by molar-refractivity contribution is 0.340. The SMILES string of the molecule is CCOc1ccc(-c2cc(-c3cc(C)ccc3C)c(C#N)c(N)n2)cc1. The summed E-state index contributed by atoms with van der Waals surface area (Å²) >= 11 is 0. The molecular formula is C22H21N3O. The number of aromatic nitrogens is 1. The topological polar surface area (TPSA) is 71.9 Å². The van der Waals surface area contributed by atoms with Crippen molar-refractivity contribution in [1.29, 1.82) is 5.26 Å². The van der Waals surface area contributed by atoms with Gasteiger partial charge in [0.1, 0.15) is 23.2 Å². The van der Waals surface area contributed by atoms with Crippen LogP contribution in [0.2, 0.25) is 0 Å². The molecule has 0 aliphatic carbocycles. The molecule has 2 aromatic carbocycles. The second kappa shape index (κ2) is 7.28. The predicted octanol–water partition coefficient (Wildman–Crippen LogP) is 4.89. The van der Waals surface area contributed by atoms with Crippen molar-refractivity contribution in [2.45, 2.75) is 20.8 Å². The Morgan fingerprint density at radius 3 is 2.42 bits per heavy atom. The zero-order chi connectivity index (χ0) is 18.7. The van der Waals surface area contributed by atoms with Crippen LogP contribution < -0.4 is 10.5 Å². The van der Waals surface area contributed by atoms with E-state index in [1.807, 2.05) is 51.1 Å². The van der Waals surface area contributed by atoms with Crippen molar-refractivity contribution in [3.63, 3.8) is 0 Å². The summed E-state index contributed by atoms with van der Waals surface area (Å²) in [6.07, 6.45) is 0. The van der Waals surface area contributed by atoms with Crippen LogP contribution in [0.5, 0.6) is 5.75 Å². The molecule has 2 N–H and O–H groups in total. The van der Waals surface area contributed by atoms with Crippen LogP contribution in [0.3, 0.4) is 0 Å². The van der Waals surface area contributed by atoms with E-state index in [1.54, 1.807) is 0 Å². The summed E-state index contributed by atoms with van der Waals surface area (Å²) in [4.78, 5) is 4.44. The van der Waals surface area contributed by atoms with Crippen molar-refractivity contribution in [3.05, 3.63) is 65.2 Å². The molecule has 1 aromatic heterocycles. The first-order valence-electron chi connectivity index (χ1n) is 8.55. The Hall–Kier alpha value is -3.32. The molecule has 0 bridgehead atoms. The minimum atomic E-state index is 0.245. The molecule has 4 nitrogen and oxygen atoms in total. The fourth-order valence-electron chi connectivity index (χ4n) is 2.96. The Kier molecular flexibility index (Phi) is 4.90. The number of hydrogen-bond acceptors (Lipinski definition) is 4. The third-order valence-electron chi connectivity index (χ3n) is 4.30. The highest BCUT2D eigenvalue weighted by molar-refractivity contribution is 5.81. The van der Waals surface area contributed by atoms with Gasteiger partial charge in [-0.2, -0.15) is 5.26 Å². The molecule has 0 radical (unpaired) electrons. The van der Waals surface area contributed by atoms with Crippen molar-refractivity contribution in [3.8, 4) is 34.2 Å². The zero-order valence-electron chi connectivity index (χ0n) is 15.2. The average Bonchev–Trinajstić information content (AvgIpc) is 2.64. The van der Waals surface area contributed by atoms with E-state index in [2.05, 4.69) is 29.3 Å². The molecule has 0 aliphatic rings. The van der Waals surface area contributed by atoms with Crippen LogP contribution in [0.4, 0.5) is 5.82 Å². The van der Waals surface area contributed by atoms with E-state index in [0.29, 0.717) is 12.2 Å². The third kappa shape index (κ3) is 3.38. The highest BCUT2D eigenvalue weighted by Gasteiger charge is 2.15. The number of nitrogens with two attached hydrogens (primary N) is 1. The molecule has 0 aliphatic heterocycles. The number of benzene rings is 2. The molecule has 4 heteroatoms. The number of nitrogen functional groups attached to an aromatic ring is 1. The van der Waals surface area contributed by atoms with E-state index in [1.165, 1.54) is 0 Å². The minimum Gasteiger partial charge on any atom is -0.494 e. The van der Waals surface area contributed by atoms with Crippen molar-refractivity contribution < 1.29 is 4.74 Å². The van der Waals surface area contributed by atoms with Crippen LogP contribution in [0.25, 0.3) is 22.4 Å². The first-order valence-corrected chi connectivity index (χ1v) is 8.55. The van der Waals surface area contributed by atoms with Crippen LogP contribution in [0, 0.1) is 25.2 Å². The Labute approximate surface area is 153 Å². The number of aryl methyl sites for hydroxylation is 2. The molecule has 3 aromatic rings. The lowest BCUT2D eigenvalue weighted by Gasteiger charge is -2.13. The van der Waals surface area contributed by atoms with Gasteiger partial charge in [-0.3, -0.25) is 0 Å². The molecule has 0 fully saturated rings. The highest BCUT2D eigenvalue weighted by Crippen LogP contribution is 2.33. The quantitative estimate of drug-likeness (QED) is 0.732. The maximum Gasteiger partial charge on any atom is 0.142 e. The molecule has 0 amide bonds. The lowest BCUT2D eigenvalue weighted by atomic mass is 9.94. The van der Waals surface area contributed by atoms with Gasteiger partial charge >= 0.3 is 0 Å². The third-order valence-corrected chi connectivity index (χ3v) is 4.30. The number of pyridine rings is 1. The van der Waals surface area contributed by atoms with Gasteiger partial charge in [-0.05, 0) is 62.2 Å². The second-order valence-electron chi connectivity index (χ2n) is 6.20. The van der Waals surface area contributed by atoms with Gasteiger partial charge in [0, 0.05) is 11.1 Å². The van der Waals surface area contributed by atoms with Gasteiger partial charge in [0.25, 0.3) is 0 Å². The van der Waals surface area contributed by atoms with Gasteiger partial charge in [0.05, 0.1) is 12.3 Å². The molecule has 130 valence electrons. The number of rotatable bonds is 4. The Bertz CT molecular complexity index is 986. The Balaban J connectivity index is 2.16. The summed E-state index contributed by atoms with van der Waals surface area (Å²) in [6, 6.07) is 18.1. The summed E-state index contributed by atoms with van der Waals surface area (Å²) < 4.78 is 5.49. The van der Waals surface area contributed by atoms with Crippen LogP contribution in [-0.4, -0.2) is 11.6 Å². The highest BCUT2D eigenvalue weighted by atomic mass is 16.5. The monoisotopic (exact) mass is 343 g/mol. The van der Waals surface area contributed by atoms with E-state index in [-0.39, 0.29) is 5.82 Å². The molecule has 3 rings (SSSR count). The predicted molar refractivity (Wildman–Crippen MR) is 105 cm³/mol. The van der Waals surface area contributed by atoms with E-state index in [4.69, 9.17) is 10.5 Å². The Morgan fingerprint density at radius 1 is 1.04 bits per heavy atom. The molecule has 0 atom stereocenters. The first-order chi connectivity index (χ1) is 12.5.